The molecule has 1 N–H and O–H groups in total. The van der Waals surface area contributed by atoms with Crippen molar-refractivity contribution in [2.24, 2.45) is 5.92 Å². The molecule has 0 saturated heterocycles. The van der Waals surface area contributed by atoms with Crippen LogP contribution < -0.4 is 0 Å². The number of ether oxygens (including phenoxy) is 3. The smallest absolute Gasteiger partial charge is 0.306 e. The molecule has 0 heterocycles. The van der Waals surface area contributed by atoms with Crippen molar-refractivity contribution in [1.29, 1.82) is 0 Å². The second-order valence-corrected chi connectivity index (χ2v) is 13.4. The first-order valence-corrected chi connectivity index (χ1v) is 19.6. The number of hydrogen-bond acceptors (Lipinski definition) is 7. The molecule has 0 rings (SSSR count). The summed E-state index contributed by atoms with van der Waals surface area (Å²) in [6, 6.07) is 0. The molecule has 7 heteroatoms. The SMILES string of the molecule is CCCCCCCCCCCCC(CCO)OC(=O)CCCCC(COC(=O)CCCCCCC)COC(=O)CCCCCCC. The van der Waals surface area contributed by atoms with Crippen molar-refractivity contribution in [3.05, 3.63) is 0 Å². The van der Waals surface area contributed by atoms with Crippen molar-refractivity contribution in [2.45, 2.75) is 207 Å². The molecule has 0 saturated carbocycles. The van der Waals surface area contributed by atoms with Gasteiger partial charge in [-0.05, 0) is 38.5 Å². The van der Waals surface area contributed by atoms with Gasteiger partial charge in [0.2, 0.25) is 0 Å². The Kier molecular flexibility index (Phi) is 33.5. The summed E-state index contributed by atoms with van der Waals surface area (Å²) in [6.45, 7) is 7.08. The number of aliphatic hydroxyl groups excluding tert-OH is 1. The summed E-state index contributed by atoms with van der Waals surface area (Å²) in [5.41, 5.74) is 0. The van der Waals surface area contributed by atoms with E-state index in [-0.39, 0.29) is 49.8 Å². The lowest BCUT2D eigenvalue weighted by Gasteiger charge is -2.18. The lowest BCUT2D eigenvalue weighted by molar-refractivity contribution is -0.150. The second-order valence-electron chi connectivity index (χ2n) is 13.4. The van der Waals surface area contributed by atoms with Crippen LogP contribution in [0.1, 0.15) is 201 Å². The number of carbonyl (C=O) groups excluding carboxylic acids is 3. The van der Waals surface area contributed by atoms with Crippen LogP contribution in [0.2, 0.25) is 0 Å². The summed E-state index contributed by atoms with van der Waals surface area (Å²) >= 11 is 0. The molecular formula is C39H74O7. The van der Waals surface area contributed by atoms with Crippen LogP contribution in [0.25, 0.3) is 0 Å². The minimum atomic E-state index is -0.220. The van der Waals surface area contributed by atoms with Gasteiger partial charge in [0.15, 0.2) is 0 Å². The van der Waals surface area contributed by atoms with Crippen LogP contribution in [0.4, 0.5) is 0 Å². The van der Waals surface area contributed by atoms with Gasteiger partial charge >= 0.3 is 17.9 Å². The summed E-state index contributed by atoms with van der Waals surface area (Å²) in [5.74, 6) is -0.678. The van der Waals surface area contributed by atoms with Crippen LogP contribution in [0, 0.1) is 5.92 Å². The molecule has 1 unspecified atom stereocenters. The molecule has 0 radical (unpaired) electrons. The van der Waals surface area contributed by atoms with E-state index in [0.29, 0.717) is 38.5 Å². The zero-order valence-electron chi connectivity index (χ0n) is 30.5. The second kappa shape index (κ2) is 34.7. The minimum Gasteiger partial charge on any atom is -0.465 e. The van der Waals surface area contributed by atoms with Crippen LogP contribution in [-0.2, 0) is 28.6 Å². The molecule has 0 aliphatic heterocycles. The van der Waals surface area contributed by atoms with Gasteiger partial charge in [-0.25, -0.2) is 0 Å². The summed E-state index contributed by atoms with van der Waals surface area (Å²) in [4.78, 5) is 37.2. The summed E-state index contributed by atoms with van der Waals surface area (Å²) in [7, 11) is 0. The molecule has 0 aromatic rings. The third-order valence-corrected chi connectivity index (χ3v) is 8.80. The van der Waals surface area contributed by atoms with Crippen LogP contribution in [-0.4, -0.2) is 48.9 Å². The largest absolute Gasteiger partial charge is 0.465 e. The van der Waals surface area contributed by atoms with E-state index in [1.807, 2.05) is 0 Å². The zero-order chi connectivity index (χ0) is 33.9. The first-order valence-electron chi connectivity index (χ1n) is 19.6. The van der Waals surface area contributed by atoms with Gasteiger partial charge in [-0.2, -0.15) is 0 Å². The monoisotopic (exact) mass is 655 g/mol. The fourth-order valence-corrected chi connectivity index (χ4v) is 5.74. The standard InChI is InChI=1S/C39H74O7/c1-4-7-10-13-14-15-16-17-20-21-27-36(31-32-40)46-39(43)30-25-24-26-35(33-44-37(41)28-22-18-11-8-5-2)34-45-38(42)29-23-19-12-9-6-3/h35-36,40H,4-34H2,1-3H3. The van der Waals surface area contributed by atoms with Gasteiger partial charge in [0.1, 0.15) is 6.10 Å². The summed E-state index contributed by atoms with van der Waals surface area (Å²) in [6.07, 6.45) is 27.8. The van der Waals surface area contributed by atoms with E-state index in [0.717, 1.165) is 64.2 Å². The first kappa shape index (κ1) is 44.4. The molecule has 0 fully saturated rings. The predicted octanol–water partition coefficient (Wildman–Crippen LogP) is 10.6. The average molecular weight is 655 g/mol. The third-order valence-electron chi connectivity index (χ3n) is 8.80. The van der Waals surface area contributed by atoms with Crippen molar-refractivity contribution in [3.63, 3.8) is 0 Å². The molecule has 0 spiro atoms. The molecule has 0 aromatic heterocycles. The molecule has 0 aliphatic carbocycles. The fraction of sp³-hybridized carbons (Fsp3) is 0.923. The highest BCUT2D eigenvalue weighted by molar-refractivity contribution is 5.70. The van der Waals surface area contributed by atoms with Crippen molar-refractivity contribution in [2.75, 3.05) is 19.8 Å². The van der Waals surface area contributed by atoms with E-state index in [1.54, 1.807) is 0 Å². The van der Waals surface area contributed by atoms with Gasteiger partial charge in [-0.15, -0.1) is 0 Å². The molecule has 1 atom stereocenters. The fourth-order valence-electron chi connectivity index (χ4n) is 5.74. The van der Waals surface area contributed by atoms with Crippen LogP contribution in [0.15, 0.2) is 0 Å². The molecule has 0 bridgehead atoms. The van der Waals surface area contributed by atoms with Crippen LogP contribution >= 0.6 is 0 Å². The molecule has 46 heavy (non-hydrogen) atoms. The van der Waals surface area contributed by atoms with Crippen molar-refractivity contribution >= 4 is 17.9 Å². The number of rotatable bonds is 35. The lowest BCUT2D eigenvalue weighted by Crippen LogP contribution is -2.21. The van der Waals surface area contributed by atoms with Gasteiger partial charge in [0.25, 0.3) is 0 Å². The van der Waals surface area contributed by atoms with E-state index < -0.39 is 0 Å². The number of aliphatic hydroxyl groups is 1. The number of carbonyl (C=O) groups is 3. The van der Waals surface area contributed by atoms with E-state index in [1.165, 1.54) is 77.0 Å². The minimum absolute atomic E-state index is 0.0201. The Morgan fingerprint density at radius 1 is 0.457 bits per heavy atom. The number of esters is 3. The van der Waals surface area contributed by atoms with Crippen molar-refractivity contribution in [3.8, 4) is 0 Å². The predicted molar refractivity (Wildman–Crippen MR) is 189 cm³/mol. The Hall–Kier alpha value is -1.63. The Balaban J connectivity index is 4.44. The highest BCUT2D eigenvalue weighted by Crippen LogP contribution is 2.17. The normalized spacial score (nSPS) is 11.9. The Bertz CT molecular complexity index is 666. The maximum Gasteiger partial charge on any atom is 0.306 e. The highest BCUT2D eigenvalue weighted by atomic mass is 16.5. The number of unbranched alkanes of at least 4 members (excludes halogenated alkanes) is 18. The molecule has 0 aliphatic rings. The molecular weight excluding hydrogens is 580 g/mol. The van der Waals surface area contributed by atoms with E-state index >= 15 is 0 Å². The Labute approximate surface area is 283 Å². The third kappa shape index (κ3) is 31.0. The van der Waals surface area contributed by atoms with Gasteiger partial charge in [-0.3, -0.25) is 14.4 Å². The lowest BCUT2D eigenvalue weighted by atomic mass is 10.0. The Morgan fingerprint density at radius 3 is 1.28 bits per heavy atom. The zero-order valence-corrected chi connectivity index (χ0v) is 30.5. The van der Waals surface area contributed by atoms with Crippen LogP contribution in [0.5, 0.6) is 0 Å². The van der Waals surface area contributed by atoms with Gasteiger partial charge in [0.05, 0.1) is 13.2 Å². The van der Waals surface area contributed by atoms with Crippen LogP contribution in [0.3, 0.4) is 0 Å². The topological polar surface area (TPSA) is 99.1 Å². The maximum atomic E-state index is 12.6. The first-order chi connectivity index (χ1) is 22.5. The molecule has 0 aromatic carbocycles. The van der Waals surface area contributed by atoms with Gasteiger partial charge < -0.3 is 19.3 Å². The average Bonchev–Trinajstić information content (AvgIpc) is 3.04. The van der Waals surface area contributed by atoms with E-state index in [2.05, 4.69) is 20.8 Å². The maximum absolute atomic E-state index is 12.6. The van der Waals surface area contributed by atoms with Crippen molar-refractivity contribution < 1.29 is 33.7 Å². The highest BCUT2D eigenvalue weighted by Gasteiger charge is 2.17. The summed E-state index contributed by atoms with van der Waals surface area (Å²) < 4.78 is 16.9. The van der Waals surface area contributed by atoms with Crippen molar-refractivity contribution in [1.82, 2.24) is 0 Å². The Morgan fingerprint density at radius 2 is 0.826 bits per heavy atom. The van der Waals surface area contributed by atoms with Gasteiger partial charge in [0, 0.05) is 38.2 Å². The number of hydrogen-bond donors (Lipinski definition) is 1. The quantitative estimate of drug-likeness (QED) is 0.0412. The summed E-state index contributed by atoms with van der Waals surface area (Å²) in [5, 5.41) is 9.47. The van der Waals surface area contributed by atoms with Gasteiger partial charge in [-0.1, -0.05) is 136 Å². The van der Waals surface area contributed by atoms with E-state index in [9.17, 15) is 19.5 Å². The molecule has 0 amide bonds. The van der Waals surface area contributed by atoms with E-state index in [4.69, 9.17) is 14.2 Å². The molecule has 272 valence electrons. The molecule has 7 nitrogen and oxygen atoms in total.